The Kier molecular flexibility index (Phi) is 9.97. The molecule has 0 amide bonds. The summed E-state index contributed by atoms with van der Waals surface area (Å²) in [6, 6.07) is 8.42. The average molecular weight is 261 g/mol. The second-order valence-electron chi connectivity index (χ2n) is 3.77. The molecule has 1 aromatic rings. The van der Waals surface area contributed by atoms with Crippen LogP contribution in [0.15, 0.2) is 37.1 Å². The predicted molar refractivity (Wildman–Crippen MR) is 77.0 cm³/mol. The first-order valence-corrected chi connectivity index (χ1v) is 6.75. The molecule has 0 N–H and O–H groups in total. The molecular formula is C15H21O2Si. The van der Waals surface area contributed by atoms with Crippen LogP contribution in [0.3, 0.4) is 0 Å². The first-order valence-electron chi connectivity index (χ1n) is 6.25. The highest BCUT2D eigenvalue weighted by atomic mass is 28.1. The van der Waals surface area contributed by atoms with E-state index in [0.717, 1.165) is 6.26 Å². The Balaban J connectivity index is 0.000000360. The van der Waals surface area contributed by atoms with Gasteiger partial charge in [-0.3, -0.25) is 4.79 Å². The van der Waals surface area contributed by atoms with Crippen LogP contribution in [-0.2, 0) is 16.0 Å². The lowest BCUT2D eigenvalue weighted by Crippen LogP contribution is -2.08. The number of carbonyl (C=O) groups excluding carboxylic acids is 1. The maximum absolute atomic E-state index is 10.1. The molecule has 2 nitrogen and oxygen atoms in total. The molecule has 0 aromatic heterocycles. The van der Waals surface area contributed by atoms with Gasteiger partial charge in [0.15, 0.2) is 0 Å². The molecule has 0 fully saturated rings. The maximum Gasteiger partial charge on any atom is 0.310 e. The van der Waals surface area contributed by atoms with Crippen molar-refractivity contribution in [3.05, 3.63) is 42.7 Å². The molecular weight excluding hydrogens is 240 g/mol. The summed E-state index contributed by atoms with van der Waals surface area (Å²) in [5.74, 6) is -0.241. The van der Waals surface area contributed by atoms with Crippen LogP contribution in [0, 0.1) is 0 Å². The van der Waals surface area contributed by atoms with Crippen molar-refractivity contribution in [1.29, 1.82) is 0 Å². The summed E-state index contributed by atoms with van der Waals surface area (Å²) in [6.07, 6.45) is 5.27. The fraction of sp³-hybridized carbons (Fsp3) is 0.400. The summed E-state index contributed by atoms with van der Waals surface area (Å²) >= 11 is 0. The summed E-state index contributed by atoms with van der Waals surface area (Å²) in [6.45, 7) is 7.15. The summed E-state index contributed by atoms with van der Waals surface area (Å²) in [7, 11) is 3.58. The normalized spacial score (nSPS) is 9.06. The lowest BCUT2D eigenvalue weighted by Gasteiger charge is -2.02. The highest BCUT2D eigenvalue weighted by molar-refractivity contribution is 6.33. The number of unbranched alkanes of at least 4 members (excludes halogenated alkanes) is 1. The van der Waals surface area contributed by atoms with E-state index in [1.807, 2.05) is 0 Å². The van der Waals surface area contributed by atoms with Crippen molar-refractivity contribution >= 4 is 21.4 Å². The highest BCUT2D eigenvalue weighted by Gasteiger charge is 1.94. The van der Waals surface area contributed by atoms with E-state index in [-0.39, 0.29) is 5.97 Å². The summed E-state index contributed by atoms with van der Waals surface area (Å²) in [4.78, 5) is 10.1. The average Bonchev–Trinajstić information content (AvgIpc) is 2.39. The Morgan fingerprint density at radius 2 is 2.06 bits per heavy atom. The minimum Gasteiger partial charge on any atom is -0.435 e. The van der Waals surface area contributed by atoms with Crippen LogP contribution >= 0.6 is 0 Å². The van der Waals surface area contributed by atoms with Crippen LogP contribution in [0.4, 0.5) is 0 Å². The molecule has 3 heteroatoms. The van der Waals surface area contributed by atoms with Crippen LogP contribution in [-0.4, -0.2) is 16.2 Å². The third-order valence-corrected chi connectivity index (χ3v) is 2.81. The second-order valence-corrected chi connectivity index (χ2v) is 4.31. The lowest BCUT2D eigenvalue weighted by atomic mass is 10.1. The van der Waals surface area contributed by atoms with E-state index in [4.69, 9.17) is 0 Å². The third-order valence-electron chi connectivity index (χ3n) is 2.32. The Bertz CT molecular complexity index is 361. The molecule has 0 heterocycles. The molecule has 0 aliphatic heterocycles. The van der Waals surface area contributed by atoms with Crippen molar-refractivity contribution in [2.24, 2.45) is 0 Å². The van der Waals surface area contributed by atoms with Gasteiger partial charge in [-0.05, 0) is 18.4 Å². The summed E-state index contributed by atoms with van der Waals surface area (Å²) in [5, 5.41) is 1.24. The van der Waals surface area contributed by atoms with E-state index in [1.165, 1.54) is 30.0 Å². The third kappa shape index (κ3) is 7.85. The molecule has 0 saturated carbocycles. The van der Waals surface area contributed by atoms with Gasteiger partial charge in [0, 0.05) is 6.42 Å². The van der Waals surface area contributed by atoms with Crippen LogP contribution < -0.4 is 5.19 Å². The van der Waals surface area contributed by atoms with Crippen LogP contribution in [0.1, 0.15) is 38.7 Å². The van der Waals surface area contributed by atoms with Gasteiger partial charge in [0.25, 0.3) is 0 Å². The number of ether oxygens (including phenoxy) is 1. The van der Waals surface area contributed by atoms with E-state index in [9.17, 15) is 4.79 Å². The largest absolute Gasteiger partial charge is 0.435 e. The fourth-order valence-corrected chi connectivity index (χ4v) is 1.59. The van der Waals surface area contributed by atoms with Crippen molar-refractivity contribution in [2.75, 3.05) is 0 Å². The Morgan fingerprint density at radius 1 is 1.39 bits per heavy atom. The molecule has 3 radical (unpaired) electrons. The van der Waals surface area contributed by atoms with Gasteiger partial charge in [-0.15, -0.1) is 0 Å². The second kappa shape index (κ2) is 10.8. The van der Waals surface area contributed by atoms with Gasteiger partial charge in [-0.2, -0.15) is 0 Å². The van der Waals surface area contributed by atoms with E-state index < -0.39 is 0 Å². The van der Waals surface area contributed by atoms with E-state index >= 15 is 0 Å². The number of hydrogen-bond donors (Lipinski definition) is 0. The number of benzene rings is 1. The predicted octanol–water partition coefficient (Wildman–Crippen LogP) is 2.91. The van der Waals surface area contributed by atoms with Gasteiger partial charge in [0.05, 0.1) is 16.5 Å². The molecule has 0 bridgehead atoms. The van der Waals surface area contributed by atoms with Crippen molar-refractivity contribution in [2.45, 2.75) is 39.5 Å². The first-order chi connectivity index (χ1) is 8.65. The van der Waals surface area contributed by atoms with Crippen molar-refractivity contribution in [3.8, 4) is 0 Å². The quantitative estimate of drug-likeness (QED) is 0.463. The Hall–Kier alpha value is -1.35. The molecule has 18 heavy (non-hydrogen) atoms. The topological polar surface area (TPSA) is 26.3 Å². The molecule has 1 rings (SSSR count). The van der Waals surface area contributed by atoms with Crippen LogP contribution in [0.25, 0.3) is 0 Å². The zero-order valence-electron chi connectivity index (χ0n) is 11.2. The molecule has 0 aliphatic rings. The van der Waals surface area contributed by atoms with Gasteiger partial charge >= 0.3 is 5.97 Å². The van der Waals surface area contributed by atoms with Crippen LogP contribution in [0.5, 0.6) is 0 Å². The van der Waals surface area contributed by atoms with Crippen molar-refractivity contribution < 1.29 is 9.53 Å². The van der Waals surface area contributed by atoms with E-state index in [2.05, 4.69) is 52.7 Å². The standard InChI is InChI=1S/C10H13Si.C5H8O2/c1-2-3-6-9-7-4-5-8-10(9)11;1-3-5(6)7-4-2/h4-5,7-8H,2-3,6H2,1H3;4H,2-3H2,1H3. The molecule has 97 valence electrons. The van der Waals surface area contributed by atoms with E-state index in [1.54, 1.807) is 6.92 Å². The first kappa shape index (κ1) is 16.6. The molecule has 0 atom stereocenters. The van der Waals surface area contributed by atoms with Crippen molar-refractivity contribution in [1.82, 2.24) is 0 Å². The van der Waals surface area contributed by atoms with Gasteiger partial charge in [0.2, 0.25) is 0 Å². The van der Waals surface area contributed by atoms with Crippen molar-refractivity contribution in [3.63, 3.8) is 0 Å². The molecule has 1 aromatic carbocycles. The lowest BCUT2D eigenvalue weighted by molar-refractivity contribution is -0.137. The Morgan fingerprint density at radius 3 is 2.50 bits per heavy atom. The monoisotopic (exact) mass is 261 g/mol. The van der Waals surface area contributed by atoms with Gasteiger partial charge in [0.1, 0.15) is 0 Å². The van der Waals surface area contributed by atoms with Gasteiger partial charge in [-0.1, -0.05) is 56.3 Å². The SMILES string of the molecule is C=COC(=O)CC.CCCCc1ccccc1[Si]. The number of carbonyl (C=O) groups is 1. The molecule has 0 saturated heterocycles. The maximum atomic E-state index is 10.1. The van der Waals surface area contributed by atoms with E-state index in [0.29, 0.717) is 6.42 Å². The number of rotatable bonds is 5. The van der Waals surface area contributed by atoms with Gasteiger partial charge < -0.3 is 4.74 Å². The number of aryl methyl sites for hydroxylation is 1. The van der Waals surface area contributed by atoms with Crippen LogP contribution in [0.2, 0.25) is 0 Å². The molecule has 0 spiro atoms. The minimum absolute atomic E-state index is 0.241. The fourth-order valence-electron chi connectivity index (χ4n) is 1.28. The highest BCUT2D eigenvalue weighted by Crippen LogP contribution is 2.00. The molecule has 0 aliphatic carbocycles. The molecule has 0 unspecified atom stereocenters. The zero-order chi connectivity index (χ0) is 13.8. The number of esters is 1. The Labute approximate surface area is 113 Å². The zero-order valence-corrected chi connectivity index (χ0v) is 12.2. The number of hydrogen-bond acceptors (Lipinski definition) is 2. The summed E-state index contributed by atoms with van der Waals surface area (Å²) in [5.41, 5.74) is 1.42. The summed E-state index contributed by atoms with van der Waals surface area (Å²) < 4.78 is 4.32. The minimum atomic E-state index is -0.241. The van der Waals surface area contributed by atoms with Gasteiger partial charge in [-0.25, -0.2) is 0 Å². The smallest absolute Gasteiger partial charge is 0.310 e.